The highest BCUT2D eigenvalue weighted by atomic mass is 16.5. The van der Waals surface area contributed by atoms with Crippen LogP contribution in [0.15, 0.2) is 4.52 Å². The number of aromatic nitrogens is 1. The Balaban J connectivity index is 2.23. The molecule has 120 valence electrons. The number of hydrogen-bond acceptors (Lipinski definition) is 4. The zero-order valence-electron chi connectivity index (χ0n) is 13.6. The molecule has 1 aromatic rings. The Bertz CT molecular complexity index is 447. The average Bonchev–Trinajstić information content (AvgIpc) is 2.72. The highest BCUT2D eigenvalue weighted by Crippen LogP contribution is 2.15. The summed E-state index contributed by atoms with van der Waals surface area (Å²) >= 11 is 0. The van der Waals surface area contributed by atoms with Gasteiger partial charge in [-0.1, -0.05) is 19.0 Å². The van der Waals surface area contributed by atoms with Crippen molar-refractivity contribution in [3.05, 3.63) is 17.0 Å². The second kappa shape index (κ2) is 7.45. The van der Waals surface area contributed by atoms with E-state index in [0.29, 0.717) is 6.54 Å². The van der Waals surface area contributed by atoms with Crippen LogP contribution >= 0.6 is 0 Å². The second-order valence-electron chi connectivity index (χ2n) is 6.03. The molecule has 1 atom stereocenters. The van der Waals surface area contributed by atoms with Gasteiger partial charge in [0, 0.05) is 18.7 Å². The first-order valence-electron chi connectivity index (χ1n) is 7.40. The van der Waals surface area contributed by atoms with Crippen LogP contribution in [0.2, 0.25) is 0 Å². The molecule has 1 rings (SSSR count). The summed E-state index contributed by atoms with van der Waals surface area (Å²) in [5.74, 6) is 0.919. The van der Waals surface area contributed by atoms with E-state index >= 15 is 0 Å². The van der Waals surface area contributed by atoms with Crippen molar-refractivity contribution in [1.29, 1.82) is 0 Å². The molecular formula is C15H27N3O3. The lowest BCUT2D eigenvalue weighted by Crippen LogP contribution is -2.47. The van der Waals surface area contributed by atoms with Crippen LogP contribution in [0, 0.1) is 19.8 Å². The molecule has 0 aromatic carbocycles. The molecule has 0 saturated heterocycles. The predicted octanol–water partition coefficient (Wildman–Crippen LogP) is 1.93. The van der Waals surface area contributed by atoms with E-state index < -0.39 is 5.60 Å². The summed E-state index contributed by atoms with van der Waals surface area (Å²) in [6.45, 7) is 10.2. The minimum Gasteiger partial charge on any atom is -0.388 e. The summed E-state index contributed by atoms with van der Waals surface area (Å²) in [6, 6.07) is -0.255. The summed E-state index contributed by atoms with van der Waals surface area (Å²) < 4.78 is 5.09. The monoisotopic (exact) mass is 297 g/mol. The van der Waals surface area contributed by atoms with Crippen molar-refractivity contribution >= 4 is 6.03 Å². The minimum absolute atomic E-state index is 0.0809. The van der Waals surface area contributed by atoms with Gasteiger partial charge in [0.2, 0.25) is 0 Å². The van der Waals surface area contributed by atoms with Crippen molar-refractivity contribution in [1.82, 2.24) is 15.8 Å². The van der Waals surface area contributed by atoms with Crippen LogP contribution in [-0.4, -0.2) is 35.0 Å². The molecule has 3 N–H and O–H groups in total. The van der Waals surface area contributed by atoms with Crippen molar-refractivity contribution in [2.24, 2.45) is 5.92 Å². The first kappa shape index (κ1) is 17.5. The molecule has 1 unspecified atom stereocenters. The van der Waals surface area contributed by atoms with Crippen LogP contribution in [-0.2, 0) is 6.42 Å². The van der Waals surface area contributed by atoms with E-state index in [2.05, 4.69) is 15.8 Å². The highest BCUT2D eigenvalue weighted by molar-refractivity contribution is 5.73. The Hall–Kier alpha value is -1.56. The predicted molar refractivity (Wildman–Crippen MR) is 81.2 cm³/mol. The van der Waals surface area contributed by atoms with Gasteiger partial charge in [-0.05, 0) is 39.5 Å². The molecule has 0 spiro atoms. The fourth-order valence-corrected chi connectivity index (χ4v) is 1.85. The summed E-state index contributed by atoms with van der Waals surface area (Å²) in [5, 5.41) is 19.4. The number of nitrogens with zero attached hydrogens (tertiary/aromatic N) is 1. The Morgan fingerprint density at radius 1 is 1.38 bits per heavy atom. The number of amides is 2. The Labute approximate surface area is 126 Å². The summed E-state index contributed by atoms with van der Waals surface area (Å²) in [7, 11) is 0. The summed E-state index contributed by atoms with van der Waals surface area (Å²) in [4.78, 5) is 11.6. The minimum atomic E-state index is -0.895. The molecule has 0 aliphatic heterocycles. The molecule has 2 amide bonds. The normalized spacial score (nSPS) is 14.0. The molecule has 0 radical (unpaired) electrons. The number of rotatable bonds is 7. The molecule has 1 aromatic heterocycles. The van der Waals surface area contributed by atoms with E-state index in [4.69, 9.17) is 4.52 Å². The van der Waals surface area contributed by atoms with Crippen LogP contribution in [0.25, 0.3) is 0 Å². The van der Waals surface area contributed by atoms with Gasteiger partial charge in [-0.3, -0.25) is 0 Å². The first-order valence-corrected chi connectivity index (χ1v) is 7.40. The molecule has 0 saturated carbocycles. The molecule has 0 bridgehead atoms. The summed E-state index contributed by atoms with van der Waals surface area (Å²) in [5.41, 5.74) is 1.12. The van der Waals surface area contributed by atoms with Crippen molar-refractivity contribution in [2.45, 2.75) is 53.1 Å². The summed E-state index contributed by atoms with van der Waals surface area (Å²) in [6.07, 6.45) is 1.64. The number of urea groups is 1. The van der Waals surface area contributed by atoms with E-state index in [1.807, 2.05) is 27.7 Å². The quantitative estimate of drug-likeness (QED) is 0.671. The van der Waals surface area contributed by atoms with Crippen LogP contribution in [0.5, 0.6) is 0 Å². The van der Waals surface area contributed by atoms with Crippen molar-refractivity contribution in [3.8, 4) is 0 Å². The maximum absolute atomic E-state index is 11.6. The maximum Gasteiger partial charge on any atom is 0.314 e. The molecule has 6 nitrogen and oxygen atoms in total. The lowest BCUT2D eigenvalue weighted by atomic mass is 9.93. The van der Waals surface area contributed by atoms with Gasteiger partial charge in [-0.2, -0.15) is 0 Å². The zero-order chi connectivity index (χ0) is 16.0. The van der Waals surface area contributed by atoms with Crippen LogP contribution in [0.4, 0.5) is 4.79 Å². The van der Waals surface area contributed by atoms with Crippen molar-refractivity contribution in [2.75, 3.05) is 13.1 Å². The van der Waals surface area contributed by atoms with Gasteiger partial charge < -0.3 is 20.3 Å². The number of carbonyl (C=O) groups is 1. The maximum atomic E-state index is 11.6. The number of aliphatic hydroxyl groups is 1. The van der Waals surface area contributed by atoms with E-state index in [1.165, 1.54) is 0 Å². The number of hydrogen-bond donors (Lipinski definition) is 3. The van der Waals surface area contributed by atoms with Gasteiger partial charge in [-0.15, -0.1) is 0 Å². The third-order valence-corrected chi connectivity index (χ3v) is 3.92. The fraction of sp³-hybridized carbons (Fsp3) is 0.733. The molecule has 1 heterocycles. The van der Waals surface area contributed by atoms with Gasteiger partial charge >= 0.3 is 6.03 Å². The van der Waals surface area contributed by atoms with Gasteiger partial charge in [0.05, 0.1) is 11.3 Å². The first-order chi connectivity index (χ1) is 9.74. The van der Waals surface area contributed by atoms with Gasteiger partial charge in [0.15, 0.2) is 0 Å². The van der Waals surface area contributed by atoms with E-state index in [1.54, 1.807) is 6.92 Å². The largest absolute Gasteiger partial charge is 0.388 e. The Kier molecular flexibility index (Phi) is 6.20. The number of nitrogens with one attached hydrogen (secondary N) is 2. The third kappa shape index (κ3) is 5.38. The zero-order valence-corrected chi connectivity index (χ0v) is 13.6. The molecular weight excluding hydrogens is 270 g/mol. The Morgan fingerprint density at radius 2 is 2.05 bits per heavy atom. The number of carbonyl (C=O) groups excluding carboxylic acids is 1. The van der Waals surface area contributed by atoms with Crippen LogP contribution < -0.4 is 10.6 Å². The average molecular weight is 297 g/mol. The smallest absolute Gasteiger partial charge is 0.314 e. The second-order valence-corrected chi connectivity index (χ2v) is 6.03. The Morgan fingerprint density at radius 3 is 2.57 bits per heavy atom. The topological polar surface area (TPSA) is 87.4 Å². The molecule has 0 aliphatic carbocycles. The SMILES string of the molecule is Cc1noc(C)c1CCCNC(=O)NCC(C)(O)C(C)C. The lowest BCUT2D eigenvalue weighted by molar-refractivity contribution is 0.0166. The van der Waals surface area contributed by atoms with Gasteiger partial charge in [0.1, 0.15) is 5.76 Å². The van der Waals surface area contributed by atoms with Crippen LogP contribution in [0.3, 0.4) is 0 Å². The van der Waals surface area contributed by atoms with Gasteiger partial charge in [-0.25, -0.2) is 4.79 Å². The van der Waals surface area contributed by atoms with Gasteiger partial charge in [0.25, 0.3) is 0 Å². The molecule has 6 heteroatoms. The van der Waals surface area contributed by atoms with Crippen LogP contribution in [0.1, 0.15) is 44.2 Å². The van der Waals surface area contributed by atoms with E-state index in [-0.39, 0.29) is 18.5 Å². The number of aryl methyl sites for hydroxylation is 2. The van der Waals surface area contributed by atoms with E-state index in [9.17, 15) is 9.90 Å². The van der Waals surface area contributed by atoms with E-state index in [0.717, 1.165) is 29.9 Å². The lowest BCUT2D eigenvalue weighted by Gasteiger charge is -2.27. The molecule has 0 aliphatic rings. The molecule has 0 fully saturated rings. The fourth-order valence-electron chi connectivity index (χ4n) is 1.85. The van der Waals surface area contributed by atoms with Crippen molar-refractivity contribution in [3.63, 3.8) is 0 Å². The standard InChI is InChI=1S/C15H27N3O3/c1-10(2)15(5,20)9-17-14(19)16-8-6-7-13-11(3)18-21-12(13)4/h10,20H,6-9H2,1-5H3,(H2,16,17,19). The highest BCUT2D eigenvalue weighted by Gasteiger charge is 2.25. The molecule has 21 heavy (non-hydrogen) atoms. The van der Waals surface area contributed by atoms with Crippen molar-refractivity contribution < 1.29 is 14.4 Å². The third-order valence-electron chi connectivity index (χ3n) is 3.92.